The molecule has 2 aliphatic rings. The van der Waals surface area contributed by atoms with Gasteiger partial charge in [-0.25, -0.2) is 18.4 Å². The Bertz CT molecular complexity index is 1070. The van der Waals surface area contributed by atoms with Gasteiger partial charge in [-0.1, -0.05) is 48.5 Å². The molecule has 1 aliphatic heterocycles. The van der Waals surface area contributed by atoms with Crippen LogP contribution < -0.4 is 5.32 Å². The van der Waals surface area contributed by atoms with Gasteiger partial charge >= 0.3 is 12.1 Å². The predicted octanol–water partition coefficient (Wildman–Crippen LogP) is 3.25. The van der Waals surface area contributed by atoms with Crippen LogP contribution in [0, 0.1) is 0 Å². The van der Waals surface area contributed by atoms with Crippen molar-refractivity contribution < 1.29 is 37.7 Å². The molecule has 0 radical (unpaired) electrons. The maximum Gasteiger partial charge on any atom is 0.407 e. The van der Waals surface area contributed by atoms with Crippen LogP contribution in [0.5, 0.6) is 0 Å². The molecule has 0 bridgehead atoms. The molecule has 4 rings (SSSR count). The Morgan fingerprint density at radius 1 is 1.09 bits per heavy atom. The second-order valence-corrected chi connectivity index (χ2v) is 8.59. The van der Waals surface area contributed by atoms with Crippen LogP contribution in [0.25, 0.3) is 11.1 Å². The van der Waals surface area contributed by atoms with Crippen LogP contribution in [0.2, 0.25) is 0 Å². The molecule has 186 valence electrons. The van der Waals surface area contributed by atoms with Gasteiger partial charge in [0.05, 0.1) is 6.10 Å². The van der Waals surface area contributed by atoms with E-state index >= 15 is 0 Å². The summed E-state index contributed by atoms with van der Waals surface area (Å²) in [7, 11) is 1.38. The third-order valence-corrected chi connectivity index (χ3v) is 6.51. The molecule has 10 heteroatoms. The Balaban J connectivity index is 1.45. The number of likely N-dealkylation sites (tertiary alicyclic amines) is 1. The van der Waals surface area contributed by atoms with Gasteiger partial charge in [-0.05, 0) is 22.3 Å². The van der Waals surface area contributed by atoms with E-state index in [9.17, 15) is 28.3 Å². The molecule has 0 spiro atoms. The fourth-order valence-electron chi connectivity index (χ4n) is 4.83. The maximum absolute atomic E-state index is 13.2. The first-order valence-corrected chi connectivity index (χ1v) is 11.3. The van der Waals surface area contributed by atoms with Crippen molar-refractivity contribution in [3.05, 3.63) is 59.7 Å². The van der Waals surface area contributed by atoms with Crippen molar-refractivity contribution in [1.29, 1.82) is 0 Å². The summed E-state index contributed by atoms with van der Waals surface area (Å²) in [5, 5.41) is 11.7. The van der Waals surface area contributed by atoms with E-state index in [1.807, 2.05) is 48.5 Å². The summed E-state index contributed by atoms with van der Waals surface area (Å²) in [4.78, 5) is 38.1. The summed E-state index contributed by atoms with van der Waals surface area (Å²) in [6.45, 7) is -0.124. The summed E-state index contributed by atoms with van der Waals surface area (Å²) in [6, 6.07) is 12.6. The molecule has 35 heavy (non-hydrogen) atoms. The van der Waals surface area contributed by atoms with E-state index in [4.69, 9.17) is 9.47 Å². The van der Waals surface area contributed by atoms with Crippen LogP contribution in [0.15, 0.2) is 48.5 Å². The number of carboxylic acids is 1. The van der Waals surface area contributed by atoms with Crippen LogP contribution in [-0.2, 0) is 19.1 Å². The molecule has 3 atom stereocenters. The van der Waals surface area contributed by atoms with Gasteiger partial charge in [-0.3, -0.25) is 4.79 Å². The third-order valence-electron chi connectivity index (χ3n) is 6.51. The molecule has 1 saturated heterocycles. The highest BCUT2D eigenvalue weighted by molar-refractivity contribution is 5.90. The molecule has 0 aromatic heterocycles. The average Bonchev–Trinajstić information content (AvgIpc) is 3.41. The number of carbonyl (C=O) groups is 3. The first kappa shape index (κ1) is 24.6. The average molecular weight is 488 g/mol. The number of methoxy groups -OCH3 is 1. The van der Waals surface area contributed by atoms with Crippen molar-refractivity contribution in [3.8, 4) is 11.1 Å². The number of carboxylic acid groups (broad SMARTS) is 1. The van der Waals surface area contributed by atoms with Gasteiger partial charge in [0.25, 0.3) is 0 Å². The summed E-state index contributed by atoms with van der Waals surface area (Å²) in [5.74, 6) is -2.42. The third kappa shape index (κ3) is 5.12. The predicted molar refractivity (Wildman–Crippen MR) is 121 cm³/mol. The van der Waals surface area contributed by atoms with Crippen LogP contribution in [0.3, 0.4) is 0 Å². The molecular weight excluding hydrogens is 462 g/mol. The first-order chi connectivity index (χ1) is 16.8. The van der Waals surface area contributed by atoms with E-state index in [-0.39, 0.29) is 25.5 Å². The van der Waals surface area contributed by atoms with Crippen molar-refractivity contribution in [1.82, 2.24) is 10.2 Å². The highest BCUT2D eigenvalue weighted by Gasteiger charge is 2.43. The lowest BCUT2D eigenvalue weighted by atomic mass is 9.98. The van der Waals surface area contributed by atoms with Crippen LogP contribution in [-0.4, -0.2) is 72.9 Å². The lowest BCUT2D eigenvalue weighted by Gasteiger charge is -2.27. The standard InChI is InChI=1S/C25H26F2N2O6/c1-34-14-10-21(24(31)32)29(12-14)23(30)20(11-22(26)27)28-25(33)35-13-19-17-8-4-2-6-15(17)16-7-3-5-9-18(16)19/h2-9,14,19-22H,10-13H2,1H3,(H,28,33)(H,31,32). The second kappa shape index (κ2) is 10.4. The minimum absolute atomic E-state index is 0.0317. The van der Waals surface area contributed by atoms with E-state index < -0.39 is 49.0 Å². The van der Waals surface area contributed by atoms with Gasteiger partial charge in [0.2, 0.25) is 12.3 Å². The Hall–Kier alpha value is -3.53. The van der Waals surface area contributed by atoms with E-state index in [0.29, 0.717) is 0 Å². The smallest absolute Gasteiger partial charge is 0.407 e. The molecule has 3 unspecified atom stereocenters. The van der Waals surface area contributed by atoms with Crippen molar-refractivity contribution in [3.63, 3.8) is 0 Å². The molecule has 8 nitrogen and oxygen atoms in total. The number of hydrogen-bond acceptors (Lipinski definition) is 5. The van der Waals surface area contributed by atoms with Crippen LogP contribution in [0.1, 0.15) is 29.9 Å². The van der Waals surface area contributed by atoms with Gasteiger partial charge in [-0.2, -0.15) is 0 Å². The normalized spacial score (nSPS) is 19.8. The molecule has 2 aromatic carbocycles. The van der Waals surface area contributed by atoms with Gasteiger partial charge in [0.15, 0.2) is 0 Å². The fourth-order valence-corrected chi connectivity index (χ4v) is 4.83. The molecule has 1 fully saturated rings. The fraction of sp³-hybridized carbons (Fsp3) is 0.400. The Labute approximate surface area is 200 Å². The van der Waals surface area contributed by atoms with Gasteiger partial charge in [0.1, 0.15) is 18.7 Å². The van der Waals surface area contributed by atoms with Crippen molar-refractivity contribution >= 4 is 18.0 Å². The zero-order valence-corrected chi connectivity index (χ0v) is 19.0. The quantitative estimate of drug-likeness (QED) is 0.591. The lowest BCUT2D eigenvalue weighted by Crippen LogP contribution is -2.52. The number of rotatable bonds is 8. The number of aliphatic carboxylic acids is 1. The number of hydrogen-bond donors (Lipinski definition) is 2. The second-order valence-electron chi connectivity index (χ2n) is 8.59. The molecule has 2 aromatic rings. The van der Waals surface area contributed by atoms with E-state index in [2.05, 4.69) is 5.32 Å². The number of benzene rings is 2. The summed E-state index contributed by atoms with van der Waals surface area (Å²) in [5.41, 5.74) is 4.02. The number of carbonyl (C=O) groups excluding carboxylic acids is 2. The number of amides is 2. The number of alkyl halides is 2. The number of alkyl carbamates (subject to hydrolysis) is 1. The highest BCUT2D eigenvalue weighted by Crippen LogP contribution is 2.44. The zero-order chi connectivity index (χ0) is 25.1. The minimum Gasteiger partial charge on any atom is -0.480 e. The summed E-state index contributed by atoms with van der Waals surface area (Å²) in [6.07, 6.45) is -5.41. The number of ether oxygens (including phenoxy) is 2. The minimum atomic E-state index is -2.90. The Morgan fingerprint density at radius 2 is 1.69 bits per heavy atom. The number of nitrogens with one attached hydrogen (secondary N) is 1. The van der Waals surface area contributed by atoms with E-state index in [1.54, 1.807) is 0 Å². The molecule has 0 saturated carbocycles. The van der Waals surface area contributed by atoms with Crippen molar-refractivity contribution in [2.45, 2.75) is 43.4 Å². The first-order valence-electron chi connectivity index (χ1n) is 11.3. The van der Waals surface area contributed by atoms with Gasteiger partial charge in [-0.15, -0.1) is 0 Å². The molecular formula is C25H26F2N2O6. The Morgan fingerprint density at radius 3 is 2.23 bits per heavy atom. The van der Waals surface area contributed by atoms with Crippen molar-refractivity contribution in [2.75, 3.05) is 20.3 Å². The summed E-state index contributed by atoms with van der Waals surface area (Å²) >= 11 is 0. The number of fused-ring (bicyclic) bond motifs is 3. The lowest BCUT2D eigenvalue weighted by molar-refractivity contribution is -0.149. The summed E-state index contributed by atoms with van der Waals surface area (Å²) < 4.78 is 37.0. The topological polar surface area (TPSA) is 105 Å². The van der Waals surface area contributed by atoms with Crippen LogP contribution >= 0.6 is 0 Å². The highest BCUT2D eigenvalue weighted by atomic mass is 19.3. The SMILES string of the molecule is COC1CC(C(=O)O)N(C(=O)C(CC(F)F)NC(=O)OCC2c3ccccc3-c3ccccc32)C1. The largest absolute Gasteiger partial charge is 0.480 e. The molecule has 1 heterocycles. The van der Waals surface area contributed by atoms with Crippen LogP contribution in [0.4, 0.5) is 13.6 Å². The van der Waals surface area contributed by atoms with E-state index in [1.165, 1.54) is 7.11 Å². The zero-order valence-electron chi connectivity index (χ0n) is 19.0. The molecule has 2 N–H and O–H groups in total. The van der Waals surface area contributed by atoms with E-state index in [0.717, 1.165) is 27.2 Å². The molecule has 2 amide bonds. The Kier molecular flexibility index (Phi) is 7.30. The maximum atomic E-state index is 13.2. The van der Waals surface area contributed by atoms with Crippen molar-refractivity contribution in [2.24, 2.45) is 0 Å². The van der Waals surface area contributed by atoms with Gasteiger partial charge in [0, 0.05) is 32.4 Å². The molecule has 1 aliphatic carbocycles. The number of halogens is 2. The number of nitrogens with zero attached hydrogens (tertiary/aromatic N) is 1. The monoisotopic (exact) mass is 488 g/mol. The van der Waals surface area contributed by atoms with Gasteiger partial charge < -0.3 is 24.8 Å².